The van der Waals surface area contributed by atoms with Crippen LogP contribution in [0.3, 0.4) is 0 Å². The quantitative estimate of drug-likeness (QED) is 0.639. The first kappa shape index (κ1) is 19.6. The smallest absolute Gasteiger partial charge is 0.255 e. The lowest BCUT2D eigenvalue weighted by Crippen LogP contribution is -2.15. The van der Waals surface area contributed by atoms with Gasteiger partial charge in [0.05, 0.1) is 16.9 Å². The van der Waals surface area contributed by atoms with E-state index in [-0.39, 0.29) is 11.1 Å². The van der Waals surface area contributed by atoms with Crippen molar-refractivity contribution in [2.24, 2.45) is 0 Å². The van der Waals surface area contributed by atoms with E-state index in [9.17, 15) is 22.8 Å². The highest BCUT2D eigenvalue weighted by molar-refractivity contribution is 6.07. The molecule has 29 heavy (non-hydrogen) atoms. The minimum atomic E-state index is -1.69. The first-order valence-corrected chi connectivity index (χ1v) is 8.26. The van der Waals surface area contributed by atoms with Crippen LogP contribution in [0.2, 0.25) is 0 Å². The fraction of sp³-hybridized carbons (Fsp3) is 0. The number of carbonyl (C=O) groups is 2. The van der Waals surface area contributed by atoms with Crippen LogP contribution in [0.5, 0.6) is 0 Å². The zero-order chi connectivity index (χ0) is 21.0. The molecule has 0 aromatic heterocycles. The zero-order valence-corrected chi connectivity index (χ0v) is 14.7. The Morgan fingerprint density at radius 2 is 1.28 bits per heavy atom. The number of para-hydroxylation sites is 1. The second-order valence-electron chi connectivity index (χ2n) is 5.87. The molecule has 0 heterocycles. The van der Waals surface area contributed by atoms with Gasteiger partial charge in [0, 0.05) is 11.1 Å². The molecule has 0 spiro atoms. The van der Waals surface area contributed by atoms with Gasteiger partial charge in [0.1, 0.15) is 6.07 Å². The molecule has 0 radical (unpaired) electrons. The summed E-state index contributed by atoms with van der Waals surface area (Å²) in [4.78, 5) is 24.5. The standard InChI is InChI=1S/C21H12F3N3O2/c22-15-9-10-17(19(24)18(15)23)27-21(29)13-7-5-12(6-8-13)20(28)26-16-4-2-1-3-14(16)11-25/h1-10H,(H,26,28)(H,27,29). The minimum Gasteiger partial charge on any atom is -0.321 e. The van der Waals surface area contributed by atoms with Crippen molar-refractivity contribution in [3.05, 3.63) is 94.8 Å². The summed E-state index contributed by atoms with van der Waals surface area (Å²) in [6.07, 6.45) is 0. The van der Waals surface area contributed by atoms with Crippen LogP contribution in [0, 0.1) is 28.8 Å². The number of nitriles is 1. The Hall–Kier alpha value is -4.12. The maximum Gasteiger partial charge on any atom is 0.255 e. The summed E-state index contributed by atoms with van der Waals surface area (Å²) in [6.45, 7) is 0. The van der Waals surface area contributed by atoms with Crippen LogP contribution in [0.1, 0.15) is 26.3 Å². The van der Waals surface area contributed by atoms with E-state index in [1.54, 1.807) is 24.3 Å². The fourth-order valence-corrected chi connectivity index (χ4v) is 2.47. The van der Waals surface area contributed by atoms with Gasteiger partial charge in [0.25, 0.3) is 11.8 Å². The first-order chi connectivity index (χ1) is 13.9. The van der Waals surface area contributed by atoms with Crippen LogP contribution in [0.4, 0.5) is 24.5 Å². The predicted octanol–water partition coefficient (Wildman–Crippen LogP) is 4.48. The molecule has 0 fully saturated rings. The van der Waals surface area contributed by atoms with E-state index in [2.05, 4.69) is 10.6 Å². The number of halogens is 3. The Bertz CT molecular complexity index is 1140. The van der Waals surface area contributed by atoms with Gasteiger partial charge in [-0.3, -0.25) is 9.59 Å². The van der Waals surface area contributed by atoms with Crippen molar-refractivity contribution in [1.29, 1.82) is 5.26 Å². The SMILES string of the molecule is N#Cc1ccccc1NC(=O)c1ccc(C(=O)Nc2ccc(F)c(F)c2F)cc1. The Labute approximate surface area is 163 Å². The van der Waals surface area contributed by atoms with Gasteiger partial charge in [-0.2, -0.15) is 5.26 Å². The molecule has 3 rings (SSSR count). The summed E-state index contributed by atoms with van der Waals surface area (Å²) in [7, 11) is 0. The number of rotatable bonds is 4. The summed E-state index contributed by atoms with van der Waals surface area (Å²) < 4.78 is 39.9. The number of nitrogens with one attached hydrogen (secondary N) is 2. The average Bonchev–Trinajstić information content (AvgIpc) is 2.74. The molecule has 0 aliphatic heterocycles. The molecule has 8 heteroatoms. The average molecular weight is 395 g/mol. The van der Waals surface area contributed by atoms with Crippen molar-refractivity contribution in [3.63, 3.8) is 0 Å². The minimum absolute atomic E-state index is 0.0723. The van der Waals surface area contributed by atoms with Crippen molar-refractivity contribution < 1.29 is 22.8 Å². The number of amides is 2. The van der Waals surface area contributed by atoms with Gasteiger partial charge < -0.3 is 10.6 Å². The molecule has 0 aliphatic rings. The van der Waals surface area contributed by atoms with Gasteiger partial charge in [-0.05, 0) is 48.5 Å². The third-order valence-corrected chi connectivity index (χ3v) is 3.99. The molecule has 0 atom stereocenters. The normalized spacial score (nSPS) is 10.1. The topological polar surface area (TPSA) is 82.0 Å². The van der Waals surface area contributed by atoms with Gasteiger partial charge in [-0.1, -0.05) is 12.1 Å². The molecule has 0 saturated heterocycles. The molecule has 0 unspecified atom stereocenters. The summed E-state index contributed by atoms with van der Waals surface area (Å²) in [6, 6.07) is 15.4. The van der Waals surface area contributed by atoms with Crippen molar-refractivity contribution in [1.82, 2.24) is 0 Å². The molecule has 5 nitrogen and oxygen atoms in total. The summed E-state index contributed by atoms with van der Waals surface area (Å²) >= 11 is 0. The maximum absolute atomic E-state index is 13.7. The van der Waals surface area contributed by atoms with Crippen LogP contribution >= 0.6 is 0 Å². The lowest BCUT2D eigenvalue weighted by molar-refractivity contribution is 0.101. The predicted molar refractivity (Wildman–Crippen MR) is 99.8 cm³/mol. The maximum atomic E-state index is 13.7. The van der Waals surface area contributed by atoms with E-state index in [4.69, 9.17) is 5.26 Å². The van der Waals surface area contributed by atoms with E-state index in [0.29, 0.717) is 17.3 Å². The van der Waals surface area contributed by atoms with Crippen LogP contribution in [0.15, 0.2) is 60.7 Å². The number of hydrogen-bond donors (Lipinski definition) is 2. The molecule has 0 saturated carbocycles. The van der Waals surface area contributed by atoms with Crippen LogP contribution in [-0.2, 0) is 0 Å². The fourth-order valence-electron chi connectivity index (χ4n) is 2.47. The van der Waals surface area contributed by atoms with Gasteiger partial charge in [0.2, 0.25) is 0 Å². The first-order valence-electron chi connectivity index (χ1n) is 8.26. The second kappa shape index (κ2) is 8.27. The molecular weight excluding hydrogens is 383 g/mol. The van der Waals surface area contributed by atoms with Gasteiger partial charge in [-0.15, -0.1) is 0 Å². The van der Waals surface area contributed by atoms with E-state index >= 15 is 0 Å². The Kier molecular flexibility index (Phi) is 5.60. The molecule has 2 N–H and O–H groups in total. The van der Waals surface area contributed by atoms with Crippen molar-refractivity contribution >= 4 is 23.2 Å². The summed E-state index contributed by atoms with van der Waals surface area (Å²) in [5, 5.41) is 13.8. The lowest BCUT2D eigenvalue weighted by Gasteiger charge is -2.09. The van der Waals surface area contributed by atoms with E-state index in [1.165, 1.54) is 24.3 Å². The van der Waals surface area contributed by atoms with Crippen LogP contribution < -0.4 is 10.6 Å². The summed E-state index contributed by atoms with van der Waals surface area (Å²) in [5.41, 5.74) is 0.418. The Morgan fingerprint density at radius 3 is 1.86 bits per heavy atom. The molecule has 0 bridgehead atoms. The number of benzene rings is 3. The lowest BCUT2D eigenvalue weighted by atomic mass is 10.1. The molecule has 144 valence electrons. The second-order valence-corrected chi connectivity index (χ2v) is 5.87. The monoisotopic (exact) mass is 395 g/mol. The van der Waals surface area contributed by atoms with E-state index in [1.807, 2.05) is 6.07 Å². The van der Waals surface area contributed by atoms with Gasteiger partial charge in [-0.25, -0.2) is 13.2 Å². The van der Waals surface area contributed by atoms with E-state index in [0.717, 1.165) is 6.07 Å². The molecule has 3 aromatic rings. The highest BCUT2D eigenvalue weighted by Crippen LogP contribution is 2.21. The number of hydrogen-bond acceptors (Lipinski definition) is 3. The highest BCUT2D eigenvalue weighted by atomic mass is 19.2. The molecule has 3 aromatic carbocycles. The van der Waals surface area contributed by atoms with Gasteiger partial charge in [0.15, 0.2) is 17.5 Å². The third-order valence-electron chi connectivity index (χ3n) is 3.99. The Morgan fingerprint density at radius 1 is 0.724 bits per heavy atom. The number of carbonyl (C=O) groups excluding carboxylic acids is 2. The van der Waals surface area contributed by atoms with Crippen molar-refractivity contribution in [2.75, 3.05) is 10.6 Å². The molecule has 2 amide bonds. The van der Waals surface area contributed by atoms with Crippen LogP contribution in [-0.4, -0.2) is 11.8 Å². The van der Waals surface area contributed by atoms with Crippen molar-refractivity contribution in [2.45, 2.75) is 0 Å². The highest BCUT2D eigenvalue weighted by Gasteiger charge is 2.16. The Balaban J connectivity index is 1.73. The van der Waals surface area contributed by atoms with Crippen molar-refractivity contribution in [3.8, 4) is 6.07 Å². The van der Waals surface area contributed by atoms with Crippen LogP contribution in [0.25, 0.3) is 0 Å². The van der Waals surface area contributed by atoms with Gasteiger partial charge >= 0.3 is 0 Å². The zero-order valence-electron chi connectivity index (χ0n) is 14.7. The third kappa shape index (κ3) is 4.25. The molecule has 0 aliphatic carbocycles. The summed E-state index contributed by atoms with van der Waals surface area (Å²) in [5.74, 6) is -5.82. The molecular formula is C21H12F3N3O2. The van der Waals surface area contributed by atoms with E-state index < -0.39 is 35.0 Å². The number of nitrogens with zero attached hydrogens (tertiary/aromatic N) is 1. The number of anilines is 2. The largest absolute Gasteiger partial charge is 0.321 e.